The van der Waals surface area contributed by atoms with E-state index in [0.29, 0.717) is 6.54 Å². The van der Waals surface area contributed by atoms with Crippen molar-refractivity contribution in [1.29, 1.82) is 0 Å². The maximum atomic E-state index is 12.8. The van der Waals surface area contributed by atoms with Gasteiger partial charge in [-0.1, -0.05) is 38.1 Å². The quantitative estimate of drug-likeness (QED) is 0.927. The van der Waals surface area contributed by atoms with E-state index in [0.717, 1.165) is 38.6 Å². The second-order valence-electron chi connectivity index (χ2n) is 7.43. The number of piperidine rings is 1. The number of benzene rings is 1. The highest BCUT2D eigenvalue weighted by Crippen LogP contribution is 2.30. The van der Waals surface area contributed by atoms with Gasteiger partial charge in [0.25, 0.3) is 0 Å². The second kappa shape index (κ2) is 7.37. The van der Waals surface area contributed by atoms with Crippen LogP contribution in [0.4, 0.5) is 0 Å². The van der Waals surface area contributed by atoms with Crippen molar-refractivity contribution in [2.24, 2.45) is 11.8 Å². The molecule has 0 unspecified atom stereocenters. The molecular weight excluding hydrogens is 300 g/mol. The first-order valence-electron chi connectivity index (χ1n) is 9.23. The van der Waals surface area contributed by atoms with E-state index < -0.39 is 0 Å². The van der Waals surface area contributed by atoms with Gasteiger partial charge in [0, 0.05) is 19.0 Å². The number of amides is 2. The lowest BCUT2D eigenvalue weighted by Crippen LogP contribution is -2.47. The summed E-state index contributed by atoms with van der Waals surface area (Å²) in [7, 11) is 0. The molecule has 1 aliphatic heterocycles. The van der Waals surface area contributed by atoms with Crippen molar-refractivity contribution in [3.63, 3.8) is 0 Å². The summed E-state index contributed by atoms with van der Waals surface area (Å²) in [4.78, 5) is 26.8. The fourth-order valence-electron chi connectivity index (χ4n) is 3.95. The van der Waals surface area contributed by atoms with Crippen LogP contribution in [0.25, 0.3) is 0 Å². The van der Waals surface area contributed by atoms with Gasteiger partial charge in [0.15, 0.2) is 0 Å². The highest BCUT2D eigenvalue weighted by atomic mass is 16.2. The number of likely N-dealkylation sites (tertiary alicyclic amines) is 1. The predicted molar refractivity (Wildman–Crippen MR) is 94.4 cm³/mol. The van der Waals surface area contributed by atoms with E-state index >= 15 is 0 Å². The van der Waals surface area contributed by atoms with Crippen molar-refractivity contribution in [3.05, 3.63) is 35.4 Å². The molecule has 1 N–H and O–H groups in total. The van der Waals surface area contributed by atoms with Gasteiger partial charge in [-0.25, -0.2) is 0 Å². The molecule has 0 bridgehead atoms. The fourth-order valence-corrected chi connectivity index (χ4v) is 3.95. The number of hydrogen-bond donors (Lipinski definition) is 1. The highest BCUT2D eigenvalue weighted by molar-refractivity contribution is 5.82. The Bertz CT molecular complexity index is 611. The van der Waals surface area contributed by atoms with Crippen LogP contribution in [0.2, 0.25) is 0 Å². The van der Waals surface area contributed by atoms with Crippen LogP contribution in [0, 0.1) is 11.8 Å². The predicted octanol–water partition coefficient (Wildman–Crippen LogP) is 3.07. The summed E-state index contributed by atoms with van der Waals surface area (Å²) in [5.74, 6) is 0.195. The Hall–Kier alpha value is -1.84. The van der Waals surface area contributed by atoms with Crippen molar-refractivity contribution >= 4 is 11.8 Å². The van der Waals surface area contributed by atoms with Crippen molar-refractivity contribution in [1.82, 2.24) is 10.2 Å². The van der Waals surface area contributed by atoms with Crippen molar-refractivity contribution < 1.29 is 9.59 Å². The first kappa shape index (κ1) is 17.0. The molecule has 0 aromatic heterocycles. The number of hydrogen-bond acceptors (Lipinski definition) is 2. The van der Waals surface area contributed by atoms with E-state index in [2.05, 4.69) is 23.5 Å². The molecule has 0 radical (unpaired) electrons. The van der Waals surface area contributed by atoms with Gasteiger partial charge in [0.2, 0.25) is 11.8 Å². The summed E-state index contributed by atoms with van der Waals surface area (Å²) >= 11 is 0. The third kappa shape index (κ3) is 3.63. The van der Waals surface area contributed by atoms with Crippen LogP contribution in [0.5, 0.6) is 0 Å². The molecule has 3 rings (SSSR count). The van der Waals surface area contributed by atoms with Crippen LogP contribution >= 0.6 is 0 Å². The van der Waals surface area contributed by atoms with E-state index in [1.54, 1.807) is 0 Å². The number of nitrogens with one attached hydrogen (secondary N) is 1. The lowest BCUT2D eigenvalue weighted by atomic mass is 9.87. The van der Waals surface area contributed by atoms with E-state index in [4.69, 9.17) is 0 Å². The van der Waals surface area contributed by atoms with Crippen molar-refractivity contribution in [3.8, 4) is 0 Å². The molecule has 2 amide bonds. The molecule has 130 valence electrons. The van der Waals surface area contributed by atoms with E-state index in [1.807, 2.05) is 24.8 Å². The molecule has 1 aromatic carbocycles. The third-order valence-electron chi connectivity index (χ3n) is 5.28. The number of carbonyl (C=O) groups is 2. The lowest BCUT2D eigenvalue weighted by Gasteiger charge is -2.34. The summed E-state index contributed by atoms with van der Waals surface area (Å²) in [6.07, 6.45) is 5.01. The molecule has 0 spiro atoms. The van der Waals surface area contributed by atoms with Gasteiger partial charge in [0.1, 0.15) is 0 Å². The Morgan fingerprint density at radius 2 is 1.96 bits per heavy atom. The summed E-state index contributed by atoms with van der Waals surface area (Å²) in [6, 6.07) is 8.54. The maximum Gasteiger partial charge on any atom is 0.225 e. The van der Waals surface area contributed by atoms with Crippen LogP contribution in [0.3, 0.4) is 0 Å². The third-order valence-corrected chi connectivity index (χ3v) is 5.28. The Morgan fingerprint density at radius 3 is 2.75 bits per heavy atom. The molecule has 0 saturated carbocycles. The van der Waals surface area contributed by atoms with Crippen LogP contribution in [0.15, 0.2) is 24.3 Å². The Kier molecular flexibility index (Phi) is 5.22. The average Bonchev–Trinajstić information content (AvgIpc) is 2.61. The number of carbonyl (C=O) groups excluding carboxylic acids is 2. The molecule has 1 fully saturated rings. The Labute approximate surface area is 144 Å². The van der Waals surface area contributed by atoms with Gasteiger partial charge in [-0.05, 0) is 43.2 Å². The summed E-state index contributed by atoms with van der Waals surface area (Å²) in [5, 5.41) is 3.26. The van der Waals surface area contributed by atoms with Gasteiger partial charge in [-0.2, -0.15) is 0 Å². The smallest absolute Gasteiger partial charge is 0.225 e. The first-order valence-corrected chi connectivity index (χ1v) is 9.23. The first-order chi connectivity index (χ1) is 11.6. The molecule has 1 saturated heterocycles. The molecule has 4 nitrogen and oxygen atoms in total. The molecule has 1 aromatic rings. The lowest BCUT2D eigenvalue weighted by molar-refractivity contribution is -0.138. The van der Waals surface area contributed by atoms with E-state index in [-0.39, 0.29) is 29.7 Å². The number of fused-ring (bicyclic) bond motifs is 1. The summed E-state index contributed by atoms with van der Waals surface area (Å²) in [6.45, 7) is 5.19. The maximum absolute atomic E-state index is 12.8. The van der Waals surface area contributed by atoms with Crippen molar-refractivity contribution in [2.75, 3.05) is 13.1 Å². The fraction of sp³-hybridized carbons (Fsp3) is 0.600. The number of nitrogens with zero attached hydrogens (tertiary/aromatic N) is 1. The van der Waals surface area contributed by atoms with E-state index in [1.165, 1.54) is 11.1 Å². The largest absolute Gasteiger partial charge is 0.349 e. The Balaban J connectivity index is 1.64. The minimum Gasteiger partial charge on any atom is -0.349 e. The minimum atomic E-state index is -0.0736. The second-order valence-corrected chi connectivity index (χ2v) is 7.43. The highest BCUT2D eigenvalue weighted by Gasteiger charge is 2.31. The van der Waals surface area contributed by atoms with Crippen LogP contribution in [-0.2, 0) is 16.0 Å². The average molecular weight is 328 g/mol. The molecule has 2 aliphatic rings. The molecule has 1 aliphatic carbocycles. The van der Waals surface area contributed by atoms with Gasteiger partial charge < -0.3 is 10.2 Å². The van der Waals surface area contributed by atoms with E-state index in [9.17, 15) is 9.59 Å². The molecule has 24 heavy (non-hydrogen) atoms. The molecule has 4 heteroatoms. The summed E-state index contributed by atoms with van der Waals surface area (Å²) < 4.78 is 0. The number of rotatable bonds is 3. The van der Waals surface area contributed by atoms with Gasteiger partial charge in [-0.15, -0.1) is 0 Å². The van der Waals surface area contributed by atoms with Crippen molar-refractivity contribution in [2.45, 2.75) is 52.0 Å². The summed E-state index contributed by atoms with van der Waals surface area (Å²) in [5.41, 5.74) is 2.62. The normalized spacial score (nSPS) is 23.7. The van der Waals surface area contributed by atoms with Crippen LogP contribution in [-0.4, -0.2) is 29.8 Å². The van der Waals surface area contributed by atoms with Crippen LogP contribution in [0.1, 0.15) is 56.7 Å². The van der Waals surface area contributed by atoms with Gasteiger partial charge in [-0.3, -0.25) is 9.59 Å². The molecule has 1 heterocycles. The van der Waals surface area contributed by atoms with Gasteiger partial charge in [0.05, 0.1) is 12.0 Å². The standard InChI is InChI=1S/C20H28N2O2/c1-14(2)20(24)22-12-6-9-16(13-22)19(23)21-18-11-5-8-15-7-3-4-10-17(15)18/h3-4,7,10,14,16,18H,5-6,8-9,11-13H2,1-2H3,(H,21,23)/t16-,18-/m0/s1. The number of aryl methyl sites for hydroxylation is 1. The zero-order chi connectivity index (χ0) is 17.1. The Morgan fingerprint density at radius 1 is 1.17 bits per heavy atom. The SMILES string of the molecule is CC(C)C(=O)N1CCC[C@H](C(=O)N[C@H]2CCCc3ccccc32)C1. The van der Waals surface area contributed by atoms with Crippen LogP contribution < -0.4 is 5.32 Å². The zero-order valence-corrected chi connectivity index (χ0v) is 14.8. The topological polar surface area (TPSA) is 49.4 Å². The zero-order valence-electron chi connectivity index (χ0n) is 14.8. The monoisotopic (exact) mass is 328 g/mol. The minimum absolute atomic E-state index is 0.00275. The molecular formula is C20H28N2O2. The van der Waals surface area contributed by atoms with Gasteiger partial charge >= 0.3 is 0 Å². The molecule has 2 atom stereocenters.